The Morgan fingerprint density at radius 1 is 0.943 bits per heavy atom. The summed E-state index contributed by atoms with van der Waals surface area (Å²) in [7, 11) is 0. The standard InChI is InChI=1S/C26H38O9/c1-23-9-5-14-24(2)7-4-8-25(3,13(24)6-10-26(14,12-23)11-15(23)27)22(33)35-21-18(30)16(28)17(29)19(34-21)20(31)32/h13-14,16-19,21,28-30H,4-12H2,1-3H3,(H,31,32)/t13-,14-,16?,17-,18?,19?,21-,23-,24-,25+,26+/m0/s1. The van der Waals surface area contributed by atoms with Crippen LogP contribution in [0.3, 0.4) is 0 Å². The molecule has 1 aliphatic heterocycles. The van der Waals surface area contributed by atoms with E-state index in [9.17, 15) is 34.8 Å². The van der Waals surface area contributed by atoms with Crippen LogP contribution in [-0.4, -0.2) is 68.9 Å². The second-order valence-corrected chi connectivity index (χ2v) is 12.8. The molecule has 3 unspecified atom stereocenters. The molecule has 1 heterocycles. The van der Waals surface area contributed by atoms with Crippen molar-refractivity contribution in [3.05, 3.63) is 0 Å². The lowest BCUT2D eigenvalue weighted by Gasteiger charge is -2.64. The Hall–Kier alpha value is -1.55. The van der Waals surface area contributed by atoms with Crippen molar-refractivity contribution < 1.29 is 44.3 Å². The van der Waals surface area contributed by atoms with Gasteiger partial charge in [-0.15, -0.1) is 0 Å². The second kappa shape index (κ2) is 7.97. The third-order valence-corrected chi connectivity index (χ3v) is 10.9. The van der Waals surface area contributed by atoms with Gasteiger partial charge in [0.2, 0.25) is 6.29 Å². The Labute approximate surface area is 205 Å². The molecule has 4 saturated carbocycles. The Bertz CT molecular complexity index is 936. The number of aliphatic carboxylic acids is 1. The van der Waals surface area contributed by atoms with Crippen LogP contribution in [0.2, 0.25) is 0 Å². The van der Waals surface area contributed by atoms with Crippen molar-refractivity contribution in [3.8, 4) is 0 Å². The summed E-state index contributed by atoms with van der Waals surface area (Å²) in [5.41, 5.74) is -1.21. The topological polar surface area (TPSA) is 151 Å². The van der Waals surface area contributed by atoms with E-state index < -0.39 is 48.1 Å². The van der Waals surface area contributed by atoms with Gasteiger partial charge in [-0.25, -0.2) is 4.79 Å². The van der Waals surface area contributed by atoms with Crippen LogP contribution < -0.4 is 0 Å². The summed E-state index contributed by atoms with van der Waals surface area (Å²) < 4.78 is 10.8. The Kier molecular flexibility index (Phi) is 5.72. The Morgan fingerprint density at radius 3 is 2.31 bits per heavy atom. The molecule has 0 amide bonds. The number of aliphatic hydroxyl groups excluding tert-OH is 3. The lowest BCUT2D eigenvalue weighted by molar-refractivity contribution is -0.292. The van der Waals surface area contributed by atoms with Crippen LogP contribution in [0, 0.1) is 33.5 Å². The zero-order valence-corrected chi connectivity index (χ0v) is 20.7. The van der Waals surface area contributed by atoms with Gasteiger partial charge in [-0.3, -0.25) is 9.59 Å². The van der Waals surface area contributed by atoms with Gasteiger partial charge in [-0.05, 0) is 74.5 Å². The van der Waals surface area contributed by atoms with E-state index in [4.69, 9.17) is 9.47 Å². The van der Waals surface area contributed by atoms with Gasteiger partial charge in [0.15, 0.2) is 6.10 Å². The second-order valence-electron chi connectivity index (χ2n) is 12.8. The first kappa shape index (κ1) is 25.1. The molecule has 0 radical (unpaired) electrons. The van der Waals surface area contributed by atoms with E-state index >= 15 is 0 Å². The SMILES string of the molecule is C[C@@]12CC[C@@H]3[C@](CC[C@H]4[C@]3(C)CCC[C@@]4(C)C(=O)O[C@@H]3OC(C(=O)O)[C@@H](O)C(O)C3O)(CC1=O)C2. The van der Waals surface area contributed by atoms with Crippen molar-refractivity contribution in [1.29, 1.82) is 0 Å². The van der Waals surface area contributed by atoms with Crippen molar-refractivity contribution in [2.45, 2.75) is 109 Å². The Morgan fingerprint density at radius 2 is 1.63 bits per heavy atom. The maximum atomic E-state index is 13.7. The van der Waals surface area contributed by atoms with Gasteiger partial charge >= 0.3 is 11.9 Å². The van der Waals surface area contributed by atoms with Crippen LogP contribution in [0.5, 0.6) is 0 Å². The lowest BCUT2D eigenvalue weighted by atomic mass is 9.40. The van der Waals surface area contributed by atoms with Crippen molar-refractivity contribution >= 4 is 17.7 Å². The minimum atomic E-state index is -1.84. The predicted octanol–water partition coefficient (Wildman–Crippen LogP) is 1.79. The molecule has 1 spiro atoms. The van der Waals surface area contributed by atoms with Gasteiger partial charge < -0.3 is 29.9 Å². The molecule has 9 nitrogen and oxygen atoms in total. The number of hydrogen-bond acceptors (Lipinski definition) is 8. The summed E-state index contributed by atoms with van der Waals surface area (Å²) in [6, 6.07) is 0. The molecular weight excluding hydrogens is 456 g/mol. The number of carboxylic acid groups (broad SMARTS) is 1. The number of aliphatic hydroxyl groups is 3. The fourth-order valence-electron chi connectivity index (χ4n) is 9.14. The third-order valence-electron chi connectivity index (χ3n) is 10.9. The first-order valence-corrected chi connectivity index (χ1v) is 12.9. The smallest absolute Gasteiger partial charge is 0.335 e. The number of carbonyl (C=O) groups excluding carboxylic acids is 2. The highest BCUT2D eigenvalue weighted by Crippen LogP contribution is 2.73. The number of carbonyl (C=O) groups is 3. The summed E-state index contributed by atoms with van der Waals surface area (Å²) in [5.74, 6) is -1.35. The van der Waals surface area contributed by atoms with E-state index in [2.05, 4.69) is 13.8 Å². The van der Waals surface area contributed by atoms with Crippen LogP contribution in [-0.2, 0) is 23.9 Å². The predicted molar refractivity (Wildman–Crippen MR) is 121 cm³/mol. The lowest BCUT2D eigenvalue weighted by Crippen LogP contribution is -2.62. The maximum Gasteiger partial charge on any atom is 0.335 e. The number of ketones is 1. The van der Waals surface area contributed by atoms with Crippen LogP contribution in [0.15, 0.2) is 0 Å². The summed E-state index contributed by atoms with van der Waals surface area (Å²) in [6.07, 6.45) is -1.40. The number of carboxylic acids is 1. The van der Waals surface area contributed by atoms with Crippen molar-refractivity contribution in [3.63, 3.8) is 0 Å². The van der Waals surface area contributed by atoms with Crippen molar-refractivity contribution in [2.24, 2.45) is 33.5 Å². The molecule has 0 aromatic rings. The van der Waals surface area contributed by atoms with Gasteiger partial charge in [0.25, 0.3) is 0 Å². The van der Waals surface area contributed by atoms with E-state index in [1.807, 2.05) is 6.92 Å². The highest BCUT2D eigenvalue weighted by atomic mass is 16.7. The molecule has 11 atom stereocenters. The number of esters is 1. The van der Waals surface area contributed by atoms with Crippen LogP contribution in [0.4, 0.5) is 0 Å². The van der Waals surface area contributed by atoms with Gasteiger partial charge in [0.1, 0.15) is 24.1 Å². The van der Waals surface area contributed by atoms with E-state index in [1.54, 1.807) is 0 Å². The van der Waals surface area contributed by atoms with E-state index in [0.29, 0.717) is 24.5 Å². The Balaban J connectivity index is 1.39. The number of fused-ring (bicyclic) bond motifs is 3. The molecule has 4 aliphatic carbocycles. The highest BCUT2D eigenvalue weighted by molar-refractivity contribution is 5.88. The molecule has 196 valence electrons. The molecule has 5 rings (SSSR count). The number of ether oxygens (including phenoxy) is 2. The minimum absolute atomic E-state index is 0.00905. The minimum Gasteiger partial charge on any atom is -0.479 e. The number of rotatable bonds is 3. The van der Waals surface area contributed by atoms with Crippen LogP contribution in [0.1, 0.15) is 78.6 Å². The van der Waals surface area contributed by atoms with Crippen molar-refractivity contribution in [2.75, 3.05) is 0 Å². The largest absolute Gasteiger partial charge is 0.479 e. The average molecular weight is 495 g/mol. The highest BCUT2D eigenvalue weighted by Gasteiger charge is 2.68. The van der Waals surface area contributed by atoms with E-state index in [-0.39, 0.29) is 22.2 Å². The molecule has 5 fully saturated rings. The molecule has 9 heteroatoms. The number of hydrogen-bond donors (Lipinski definition) is 4. The number of Topliss-reactive ketones (excluding diaryl/α,β-unsaturated/α-hetero) is 1. The maximum absolute atomic E-state index is 13.7. The average Bonchev–Trinajstić information content (AvgIpc) is 2.96. The third kappa shape index (κ3) is 3.45. The zero-order chi connectivity index (χ0) is 25.6. The summed E-state index contributed by atoms with van der Waals surface area (Å²) in [5, 5.41) is 39.7. The molecule has 4 N–H and O–H groups in total. The van der Waals surface area contributed by atoms with E-state index in [1.165, 1.54) is 0 Å². The molecule has 1 saturated heterocycles. The van der Waals surface area contributed by atoms with Gasteiger partial charge in [0, 0.05) is 11.8 Å². The fourth-order valence-corrected chi connectivity index (χ4v) is 9.14. The van der Waals surface area contributed by atoms with Crippen molar-refractivity contribution in [1.82, 2.24) is 0 Å². The zero-order valence-electron chi connectivity index (χ0n) is 20.7. The first-order chi connectivity index (χ1) is 16.3. The van der Waals surface area contributed by atoms with Crippen LogP contribution >= 0.6 is 0 Å². The summed E-state index contributed by atoms with van der Waals surface area (Å²) in [6.45, 7) is 6.27. The molecular formula is C26H38O9. The molecule has 0 aromatic heterocycles. The van der Waals surface area contributed by atoms with Gasteiger partial charge in [0.05, 0.1) is 5.41 Å². The summed E-state index contributed by atoms with van der Waals surface area (Å²) >= 11 is 0. The van der Waals surface area contributed by atoms with Gasteiger partial charge in [-0.2, -0.15) is 0 Å². The molecule has 35 heavy (non-hydrogen) atoms. The quantitative estimate of drug-likeness (QED) is 0.431. The van der Waals surface area contributed by atoms with E-state index in [0.717, 1.165) is 44.9 Å². The fraction of sp³-hybridized carbons (Fsp3) is 0.885. The van der Waals surface area contributed by atoms with Crippen LogP contribution in [0.25, 0.3) is 0 Å². The monoisotopic (exact) mass is 494 g/mol. The molecule has 2 bridgehead atoms. The molecule has 5 aliphatic rings. The first-order valence-electron chi connectivity index (χ1n) is 12.9. The van der Waals surface area contributed by atoms with Gasteiger partial charge in [-0.1, -0.05) is 20.3 Å². The molecule has 0 aromatic carbocycles. The normalized spacial score (nSPS) is 53.4. The summed E-state index contributed by atoms with van der Waals surface area (Å²) in [4.78, 5) is 38.0.